The van der Waals surface area contributed by atoms with Crippen LogP contribution in [-0.2, 0) is 0 Å². The minimum Gasteiger partial charge on any atom is -0.367 e. The van der Waals surface area contributed by atoms with Gasteiger partial charge in [-0.1, -0.05) is 18.2 Å². The Morgan fingerprint density at radius 3 is 2.57 bits per heavy atom. The van der Waals surface area contributed by atoms with E-state index >= 15 is 0 Å². The molecule has 0 atom stereocenters. The number of anilines is 2. The van der Waals surface area contributed by atoms with E-state index in [0.29, 0.717) is 18.9 Å². The summed E-state index contributed by atoms with van der Waals surface area (Å²) in [6.07, 6.45) is 0. The zero-order valence-corrected chi connectivity index (χ0v) is 12.2. The molecule has 1 aromatic heterocycles. The number of aryl methyl sites for hydroxylation is 2. The van der Waals surface area contributed by atoms with Crippen molar-refractivity contribution in [2.24, 2.45) is 0 Å². The van der Waals surface area contributed by atoms with Crippen LogP contribution in [0.15, 0.2) is 36.4 Å². The van der Waals surface area contributed by atoms with Gasteiger partial charge < -0.3 is 16.0 Å². The Labute approximate surface area is 124 Å². The molecule has 2 aromatic rings. The predicted molar refractivity (Wildman–Crippen MR) is 83.5 cm³/mol. The number of amides is 2. The molecule has 0 aliphatic carbocycles. The SMILES string of the molecule is Cc1ccc(NCCNC(=O)Nc2ccccc2C)nn1. The molecule has 2 rings (SSSR count). The smallest absolute Gasteiger partial charge is 0.319 e. The minimum atomic E-state index is -0.221. The zero-order valence-electron chi connectivity index (χ0n) is 12.2. The number of nitrogens with one attached hydrogen (secondary N) is 3. The number of aromatic nitrogens is 2. The number of rotatable bonds is 5. The summed E-state index contributed by atoms with van der Waals surface area (Å²) in [5, 5.41) is 16.6. The van der Waals surface area contributed by atoms with Crippen LogP contribution in [0, 0.1) is 13.8 Å². The van der Waals surface area contributed by atoms with Gasteiger partial charge in [0, 0.05) is 18.8 Å². The molecule has 0 aliphatic heterocycles. The van der Waals surface area contributed by atoms with Gasteiger partial charge in [0.05, 0.1) is 5.69 Å². The van der Waals surface area contributed by atoms with Gasteiger partial charge in [-0.3, -0.25) is 0 Å². The number of carbonyl (C=O) groups is 1. The number of urea groups is 1. The average Bonchev–Trinajstić information content (AvgIpc) is 2.48. The molecule has 0 saturated carbocycles. The van der Waals surface area contributed by atoms with E-state index in [2.05, 4.69) is 26.1 Å². The minimum absolute atomic E-state index is 0.221. The van der Waals surface area contributed by atoms with Crippen molar-refractivity contribution in [3.63, 3.8) is 0 Å². The molecule has 2 amide bonds. The van der Waals surface area contributed by atoms with Crippen molar-refractivity contribution in [3.8, 4) is 0 Å². The molecule has 0 radical (unpaired) electrons. The molecular weight excluding hydrogens is 266 g/mol. The maximum atomic E-state index is 11.7. The summed E-state index contributed by atoms with van der Waals surface area (Å²) in [6, 6.07) is 11.2. The predicted octanol–water partition coefficient (Wildman–Crippen LogP) is 2.33. The maximum Gasteiger partial charge on any atom is 0.319 e. The number of para-hydroxylation sites is 1. The van der Waals surface area contributed by atoms with Crippen LogP contribution in [0.5, 0.6) is 0 Å². The summed E-state index contributed by atoms with van der Waals surface area (Å²) in [4.78, 5) is 11.7. The van der Waals surface area contributed by atoms with Crippen LogP contribution in [0.4, 0.5) is 16.3 Å². The Bertz CT molecular complexity index is 597. The van der Waals surface area contributed by atoms with E-state index in [1.807, 2.05) is 50.2 Å². The first-order chi connectivity index (χ1) is 10.1. The third kappa shape index (κ3) is 4.76. The second-order valence-electron chi connectivity index (χ2n) is 4.68. The van der Waals surface area contributed by atoms with Crippen LogP contribution in [0.1, 0.15) is 11.3 Å². The zero-order chi connectivity index (χ0) is 15.1. The van der Waals surface area contributed by atoms with Gasteiger partial charge in [0.1, 0.15) is 5.82 Å². The maximum absolute atomic E-state index is 11.7. The van der Waals surface area contributed by atoms with Crippen LogP contribution in [-0.4, -0.2) is 29.3 Å². The van der Waals surface area contributed by atoms with Crippen LogP contribution in [0.25, 0.3) is 0 Å². The molecule has 0 aliphatic rings. The molecular formula is C15H19N5O. The second-order valence-corrected chi connectivity index (χ2v) is 4.68. The van der Waals surface area contributed by atoms with Crippen molar-refractivity contribution < 1.29 is 4.79 Å². The molecule has 1 heterocycles. The van der Waals surface area contributed by atoms with E-state index < -0.39 is 0 Å². The Morgan fingerprint density at radius 1 is 1.05 bits per heavy atom. The van der Waals surface area contributed by atoms with Crippen molar-refractivity contribution in [2.45, 2.75) is 13.8 Å². The van der Waals surface area contributed by atoms with Gasteiger partial charge in [0.2, 0.25) is 0 Å². The molecule has 0 fully saturated rings. The molecule has 21 heavy (non-hydrogen) atoms. The summed E-state index contributed by atoms with van der Waals surface area (Å²) >= 11 is 0. The number of carbonyl (C=O) groups excluding carboxylic acids is 1. The highest BCUT2D eigenvalue weighted by atomic mass is 16.2. The van der Waals surface area contributed by atoms with Crippen LogP contribution in [0.3, 0.4) is 0 Å². The second kappa shape index (κ2) is 7.23. The number of hydrogen-bond donors (Lipinski definition) is 3. The molecule has 3 N–H and O–H groups in total. The highest BCUT2D eigenvalue weighted by Gasteiger charge is 2.02. The van der Waals surface area contributed by atoms with E-state index in [1.165, 1.54) is 0 Å². The average molecular weight is 285 g/mol. The van der Waals surface area contributed by atoms with Crippen molar-refractivity contribution in [2.75, 3.05) is 23.7 Å². The lowest BCUT2D eigenvalue weighted by Crippen LogP contribution is -2.32. The number of hydrogen-bond acceptors (Lipinski definition) is 4. The fourth-order valence-corrected chi connectivity index (χ4v) is 1.74. The van der Waals surface area contributed by atoms with Gasteiger partial charge in [-0.25, -0.2) is 4.79 Å². The van der Waals surface area contributed by atoms with E-state index in [-0.39, 0.29) is 6.03 Å². The Morgan fingerprint density at radius 2 is 1.86 bits per heavy atom. The Kier molecular flexibility index (Phi) is 5.09. The molecule has 0 saturated heterocycles. The standard InChI is InChI=1S/C15H19N5O/c1-11-5-3-4-6-13(11)18-15(21)17-10-9-16-14-8-7-12(2)19-20-14/h3-8H,9-10H2,1-2H3,(H,16,20)(H2,17,18,21). The van der Waals surface area contributed by atoms with E-state index in [1.54, 1.807) is 0 Å². The first-order valence-corrected chi connectivity index (χ1v) is 6.80. The van der Waals surface area contributed by atoms with Gasteiger partial charge in [0.15, 0.2) is 0 Å². The molecule has 6 heteroatoms. The largest absolute Gasteiger partial charge is 0.367 e. The number of benzene rings is 1. The highest BCUT2D eigenvalue weighted by molar-refractivity contribution is 5.89. The molecule has 0 unspecified atom stereocenters. The lowest BCUT2D eigenvalue weighted by atomic mass is 10.2. The molecule has 0 bridgehead atoms. The lowest BCUT2D eigenvalue weighted by Gasteiger charge is -2.10. The first kappa shape index (κ1) is 14.8. The fraction of sp³-hybridized carbons (Fsp3) is 0.267. The summed E-state index contributed by atoms with van der Waals surface area (Å²) < 4.78 is 0. The summed E-state index contributed by atoms with van der Waals surface area (Å²) in [6.45, 7) is 4.91. The van der Waals surface area contributed by atoms with Crippen LogP contribution < -0.4 is 16.0 Å². The third-order valence-electron chi connectivity index (χ3n) is 2.91. The quantitative estimate of drug-likeness (QED) is 0.737. The summed E-state index contributed by atoms with van der Waals surface area (Å²) in [5.74, 6) is 0.696. The third-order valence-corrected chi connectivity index (χ3v) is 2.91. The summed E-state index contributed by atoms with van der Waals surface area (Å²) in [5.41, 5.74) is 2.71. The van der Waals surface area contributed by atoms with Gasteiger partial charge >= 0.3 is 6.03 Å². The lowest BCUT2D eigenvalue weighted by molar-refractivity contribution is 0.252. The van der Waals surface area contributed by atoms with Gasteiger partial charge in [-0.15, -0.1) is 5.10 Å². The first-order valence-electron chi connectivity index (χ1n) is 6.80. The molecule has 0 spiro atoms. The number of nitrogens with zero attached hydrogens (tertiary/aromatic N) is 2. The highest BCUT2D eigenvalue weighted by Crippen LogP contribution is 2.12. The normalized spacial score (nSPS) is 10.0. The van der Waals surface area contributed by atoms with Crippen LogP contribution >= 0.6 is 0 Å². The van der Waals surface area contributed by atoms with Gasteiger partial charge in [0.25, 0.3) is 0 Å². The summed E-state index contributed by atoms with van der Waals surface area (Å²) in [7, 11) is 0. The Hall–Kier alpha value is -2.63. The molecule has 1 aromatic carbocycles. The monoisotopic (exact) mass is 285 g/mol. The Balaban J connectivity index is 1.70. The van der Waals surface area contributed by atoms with Crippen molar-refractivity contribution in [1.29, 1.82) is 0 Å². The van der Waals surface area contributed by atoms with Crippen molar-refractivity contribution >= 4 is 17.5 Å². The topological polar surface area (TPSA) is 78.9 Å². The fourth-order valence-electron chi connectivity index (χ4n) is 1.74. The van der Waals surface area contributed by atoms with E-state index in [4.69, 9.17) is 0 Å². The molecule has 6 nitrogen and oxygen atoms in total. The molecule has 110 valence electrons. The van der Waals surface area contributed by atoms with Crippen molar-refractivity contribution in [3.05, 3.63) is 47.7 Å². The van der Waals surface area contributed by atoms with Crippen LogP contribution in [0.2, 0.25) is 0 Å². The van der Waals surface area contributed by atoms with Gasteiger partial charge in [-0.05, 0) is 37.6 Å². The van der Waals surface area contributed by atoms with Crippen molar-refractivity contribution in [1.82, 2.24) is 15.5 Å². The van der Waals surface area contributed by atoms with E-state index in [9.17, 15) is 4.79 Å². The van der Waals surface area contributed by atoms with E-state index in [0.717, 1.165) is 16.9 Å². The van der Waals surface area contributed by atoms with Gasteiger partial charge in [-0.2, -0.15) is 5.10 Å².